The maximum atomic E-state index is 12.5. The van der Waals surface area contributed by atoms with Crippen LogP contribution in [0.2, 0.25) is 0 Å². The lowest BCUT2D eigenvalue weighted by Gasteiger charge is -2.17. The van der Waals surface area contributed by atoms with Gasteiger partial charge >= 0.3 is 11.9 Å². The van der Waals surface area contributed by atoms with Gasteiger partial charge in [-0.3, -0.25) is 4.79 Å². The number of esters is 2. The third-order valence-electron chi connectivity index (χ3n) is 6.53. The minimum absolute atomic E-state index is 0.0225. The molecule has 0 radical (unpaired) electrons. The van der Waals surface area contributed by atoms with Crippen LogP contribution in [0.1, 0.15) is 102 Å². The third-order valence-corrected chi connectivity index (χ3v) is 7.13. The number of ether oxygens (including phenoxy) is 3. The zero-order chi connectivity index (χ0) is 27.8. The molecule has 0 saturated heterocycles. The van der Waals surface area contributed by atoms with Crippen molar-refractivity contribution in [3.63, 3.8) is 0 Å². The van der Waals surface area contributed by atoms with Crippen LogP contribution in [0.3, 0.4) is 0 Å². The molecule has 2 unspecified atom stereocenters. The summed E-state index contributed by atoms with van der Waals surface area (Å²) in [5.41, 5.74) is 0.355. The van der Waals surface area contributed by atoms with Crippen molar-refractivity contribution in [2.75, 3.05) is 6.61 Å². The van der Waals surface area contributed by atoms with E-state index in [4.69, 9.17) is 25.8 Å². The number of hydrogen-bond donors (Lipinski definition) is 0. The molecule has 6 heteroatoms. The van der Waals surface area contributed by atoms with Crippen LogP contribution in [0, 0.1) is 11.8 Å². The summed E-state index contributed by atoms with van der Waals surface area (Å²) in [6.07, 6.45) is 11.7. The lowest BCUT2D eigenvalue weighted by Crippen LogP contribution is -2.27. The second kappa shape index (κ2) is 17.9. The van der Waals surface area contributed by atoms with Crippen molar-refractivity contribution in [1.82, 2.24) is 0 Å². The summed E-state index contributed by atoms with van der Waals surface area (Å²) in [5.74, 6) is 1.22. The van der Waals surface area contributed by atoms with E-state index in [1.54, 1.807) is 48.5 Å². The molecule has 0 amide bonds. The molecular weight excluding hydrogens is 500 g/mol. The largest absolute Gasteiger partial charge is 0.494 e. The van der Waals surface area contributed by atoms with Crippen molar-refractivity contribution >= 4 is 23.5 Å². The minimum Gasteiger partial charge on any atom is -0.494 e. The average Bonchev–Trinajstić information content (AvgIpc) is 2.90. The van der Waals surface area contributed by atoms with E-state index >= 15 is 0 Å². The van der Waals surface area contributed by atoms with E-state index in [0.717, 1.165) is 31.4 Å². The highest BCUT2D eigenvalue weighted by Crippen LogP contribution is 2.23. The molecule has 0 spiro atoms. The number of benzene rings is 2. The normalized spacial score (nSPS) is 12.7. The smallest absolute Gasteiger partial charge is 0.343 e. The number of halogens is 1. The Kier molecular flexibility index (Phi) is 14.9. The van der Waals surface area contributed by atoms with Crippen LogP contribution in [0.25, 0.3) is 0 Å². The molecule has 0 aromatic heterocycles. The molecule has 5 nitrogen and oxygen atoms in total. The monoisotopic (exact) mass is 544 g/mol. The summed E-state index contributed by atoms with van der Waals surface area (Å²) in [6.45, 7) is 9.24. The molecular formula is C32H45ClO5. The first-order valence-corrected chi connectivity index (χ1v) is 14.6. The highest BCUT2D eigenvalue weighted by atomic mass is 35.5. The number of alkyl halides is 1. The number of carbonyl (C=O) groups is 2. The first kappa shape index (κ1) is 31.7. The Morgan fingerprint density at radius 1 is 0.711 bits per heavy atom. The Hall–Kier alpha value is -2.53. The van der Waals surface area contributed by atoms with Crippen LogP contribution in [0.4, 0.5) is 0 Å². The Labute approximate surface area is 234 Å². The summed E-state index contributed by atoms with van der Waals surface area (Å²) in [6, 6.07) is 13.3. The molecule has 0 saturated carbocycles. The zero-order valence-electron chi connectivity index (χ0n) is 23.5. The molecule has 2 aromatic rings. The highest BCUT2D eigenvalue weighted by molar-refractivity contribution is 6.30. The summed E-state index contributed by atoms with van der Waals surface area (Å²) in [7, 11) is 0. The predicted octanol–water partition coefficient (Wildman–Crippen LogP) is 9.01. The number of unbranched alkanes of at least 4 members (excludes halogenated alkanes) is 6. The molecule has 2 rings (SSSR count). The zero-order valence-corrected chi connectivity index (χ0v) is 24.3. The van der Waals surface area contributed by atoms with Crippen LogP contribution in [0.15, 0.2) is 48.5 Å². The van der Waals surface area contributed by atoms with Crippen molar-refractivity contribution in [2.45, 2.75) is 97.3 Å². The van der Waals surface area contributed by atoms with E-state index in [1.165, 1.54) is 38.5 Å². The fourth-order valence-corrected chi connectivity index (χ4v) is 4.25. The highest BCUT2D eigenvalue weighted by Gasteiger charge is 2.24. The van der Waals surface area contributed by atoms with E-state index in [-0.39, 0.29) is 5.92 Å². The van der Waals surface area contributed by atoms with E-state index in [2.05, 4.69) is 20.8 Å². The topological polar surface area (TPSA) is 61.8 Å². The first-order valence-electron chi connectivity index (χ1n) is 14.2. The molecule has 2 atom stereocenters. The fourth-order valence-electron chi connectivity index (χ4n) is 4.08. The SMILES string of the molecule is CCCCCCCCCOc1ccc(OC(=O)c2ccc(OC(=O)C(Cl)C(C)CCCC(C)C)cc2)cc1. The Morgan fingerprint density at radius 2 is 1.26 bits per heavy atom. The van der Waals surface area contributed by atoms with Gasteiger partial charge in [-0.25, -0.2) is 4.79 Å². The van der Waals surface area contributed by atoms with Gasteiger partial charge in [-0.15, -0.1) is 11.6 Å². The Morgan fingerprint density at radius 3 is 1.89 bits per heavy atom. The van der Waals surface area contributed by atoms with Crippen LogP contribution in [-0.4, -0.2) is 23.9 Å². The second-order valence-electron chi connectivity index (χ2n) is 10.5. The number of rotatable bonds is 18. The van der Waals surface area contributed by atoms with E-state index < -0.39 is 17.3 Å². The molecule has 0 heterocycles. The summed E-state index contributed by atoms with van der Waals surface area (Å²) < 4.78 is 16.7. The summed E-state index contributed by atoms with van der Waals surface area (Å²) in [4.78, 5) is 25.0. The Bertz CT molecular complexity index is 939. The van der Waals surface area contributed by atoms with Crippen molar-refractivity contribution in [3.05, 3.63) is 54.1 Å². The predicted molar refractivity (Wildman–Crippen MR) is 154 cm³/mol. The quantitative estimate of drug-likeness (QED) is 0.0810. The van der Waals surface area contributed by atoms with E-state index in [9.17, 15) is 9.59 Å². The summed E-state index contributed by atoms with van der Waals surface area (Å²) in [5, 5.41) is -0.714. The average molecular weight is 545 g/mol. The van der Waals surface area contributed by atoms with Crippen LogP contribution >= 0.6 is 11.6 Å². The van der Waals surface area contributed by atoms with Gasteiger partial charge in [0.05, 0.1) is 12.2 Å². The van der Waals surface area contributed by atoms with Gasteiger partial charge in [-0.2, -0.15) is 0 Å². The van der Waals surface area contributed by atoms with Crippen molar-refractivity contribution in [3.8, 4) is 17.2 Å². The standard InChI is InChI=1S/C32H45ClO5/c1-5-6-7-8-9-10-11-23-36-27-19-21-29(22-20-27)37-31(34)26-15-17-28(18-16-26)38-32(35)30(33)25(4)14-12-13-24(2)3/h15-22,24-25,30H,5-14,23H2,1-4H3. The van der Waals surface area contributed by atoms with Gasteiger partial charge in [0.25, 0.3) is 0 Å². The lowest BCUT2D eigenvalue weighted by atomic mass is 9.97. The first-order chi connectivity index (χ1) is 18.3. The second-order valence-corrected chi connectivity index (χ2v) is 11.0. The molecule has 0 aliphatic carbocycles. The lowest BCUT2D eigenvalue weighted by molar-refractivity contribution is -0.134. The van der Waals surface area contributed by atoms with Crippen LogP contribution in [0.5, 0.6) is 17.2 Å². The molecule has 210 valence electrons. The third kappa shape index (κ3) is 12.3. The van der Waals surface area contributed by atoms with Gasteiger partial charge in [-0.1, -0.05) is 79.1 Å². The number of hydrogen-bond acceptors (Lipinski definition) is 5. The van der Waals surface area contributed by atoms with Gasteiger partial charge in [-0.05, 0) is 73.2 Å². The van der Waals surface area contributed by atoms with Gasteiger partial charge in [0.2, 0.25) is 0 Å². The molecule has 0 aliphatic rings. The van der Waals surface area contributed by atoms with E-state index in [0.29, 0.717) is 29.6 Å². The van der Waals surface area contributed by atoms with Crippen LogP contribution in [-0.2, 0) is 4.79 Å². The molecule has 38 heavy (non-hydrogen) atoms. The molecule has 0 fully saturated rings. The molecule has 0 aliphatic heterocycles. The Balaban J connectivity index is 1.74. The molecule has 0 bridgehead atoms. The van der Waals surface area contributed by atoms with Gasteiger partial charge < -0.3 is 14.2 Å². The molecule has 0 N–H and O–H groups in total. The summed E-state index contributed by atoms with van der Waals surface area (Å²) >= 11 is 6.34. The van der Waals surface area contributed by atoms with Gasteiger partial charge in [0, 0.05) is 0 Å². The van der Waals surface area contributed by atoms with Crippen molar-refractivity contribution < 1.29 is 23.8 Å². The maximum absolute atomic E-state index is 12.5. The van der Waals surface area contributed by atoms with Crippen LogP contribution < -0.4 is 14.2 Å². The molecule has 2 aromatic carbocycles. The van der Waals surface area contributed by atoms with Gasteiger partial charge in [0.15, 0.2) is 0 Å². The van der Waals surface area contributed by atoms with Crippen molar-refractivity contribution in [2.24, 2.45) is 11.8 Å². The van der Waals surface area contributed by atoms with Crippen molar-refractivity contribution in [1.29, 1.82) is 0 Å². The number of carbonyl (C=O) groups excluding carboxylic acids is 2. The van der Waals surface area contributed by atoms with Gasteiger partial charge in [0.1, 0.15) is 22.6 Å². The maximum Gasteiger partial charge on any atom is 0.343 e. The fraction of sp³-hybridized carbons (Fsp3) is 0.562. The minimum atomic E-state index is -0.714. The van der Waals surface area contributed by atoms with E-state index in [1.807, 2.05) is 6.92 Å².